The van der Waals surface area contributed by atoms with Gasteiger partial charge in [0.05, 0.1) is 11.3 Å². The van der Waals surface area contributed by atoms with Gasteiger partial charge in [0.2, 0.25) is 5.91 Å². The molecule has 6 nitrogen and oxygen atoms in total. The van der Waals surface area contributed by atoms with Crippen LogP contribution in [0.1, 0.15) is 31.2 Å². The summed E-state index contributed by atoms with van der Waals surface area (Å²) in [6.45, 7) is 0.758. The maximum absolute atomic E-state index is 11.4. The van der Waals surface area contributed by atoms with E-state index in [0.717, 1.165) is 6.54 Å². The fourth-order valence-electron chi connectivity index (χ4n) is 3.02. The Labute approximate surface area is 116 Å². The van der Waals surface area contributed by atoms with E-state index in [2.05, 4.69) is 10.6 Å². The second kappa shape index (κ2) is 5.11. The van der Waals surface area contributed by atoms with E-state index in [1.165, 1.54) is 31.7 Å². The third-order valence-corrected chi connectivity index (χ3v) is 4.10. The lowest BCUT2D eigenvalue weighted by Crippen LogP contribution is -2.12. The lowest BCUT2D eigenvalue weighted by atomic mass is 10.1. The highest BCUT2D eigenvalue weighted by atomic mass is 16.6. The summed E-state index contributed by atoms with van der Waals surface area (Å²) < 4.78 is 0. The zero-order valence-corrected chi connectivity index (χ0v) is 11.1. The Morgan fingerprint density at radius 1 is 1.35 bits per heavy atom. The lowest BCUT2D eigenvalue weighted by Gasteiger charge is -2.13. The first kappa shape index (κ1) is 12.9. The topological polar surface area (TPSA) is 84.3 Å². The van der Waals surface area contributed by atoms with E-state index in [4.69, 9.17) is 0 Å². The van der Waals surface area contributed by atoms with Crippen LogP contribution in [0.2, 0.25) is 0 Å². The Kier molecular flexibility index (Phi) is 3.30. The smallest absolute Gasteiger partial charge is 0.292 e. The Morgan fingerprint density at radius 3 is 2.80 bits per heavy atom. The molecule has 0 aromatic heterocycles. The van der Waals surface area contributed by atoms with Gasteiger partial charge in [-0.05, 0) is 30.4 Å². The molecular formula is C14H17N3O3. The van der Waals surface area contributed by atoms with E-state index in [0.29, 0.717) is 22.9 Å². The van der Waals surface area contributed by atoms with Crippen molar-refractivity contribution in [2.75, 3.05) is 17.2 Å². The average Bonchev–Trinajstić information content (AvgIpc) is 3.02. The number of hydrogen-bond donors (Lipinski definition) is 2. The molecule has 1 amide bonds. The second-order valence-electron chi connectivity index (χ2n) is 5.54. The molecule has 6 heteroatoms. The molecule has 2 aliphatic rings. The standard InChI is InChI=1S/C14H17N3O3/c18-14-6-10-5-13(17(19)20)12(7-11(10)16-14)15-8-9-3-1-2-4-9/h5,7,9,15H,1-4,6,8H2,(H,16,18). The van der Waals surface area contributed by atoms with Crippen LogP contribution >= 0.6 is 0 Å². The number of anilines is 2. The van der Waals surface area contributed by atoms with Gasteiger partial charge in [0.15, 0.2) is 0 Å². The van der Waals surface area contributed by atoms with Crippen LogP contribution in [0.4, 0.5) is 17.1 Å². The monoisotopic (exact) mass is 275 g/mol. The largest absolute Gasteiger partial charge is 0.379 e. The van der Waals surface area contributed by atoms with Gasteiger partial charge in [0.1, 0.15) is 5.69 Å². The van der Waals surface area contributed by atoms with Crippen LogP contribution in [0, 0.1) is 16.0 Å². The molecule has 0 unspecified atom stereocenters. The number of carbonyl (C=O) groups excluding carboxylic acids is 1. The molecule has 1 fully saturated rings. The summed E-state index contributed by atoms with van der Waals surface area (Å²) in [5, 5.41) is 17.1. The molecule has 0 radical (unpaired) electrons. The van der Waals surface area contributed by atoms with Gasteiger partial charge in [-0.1, -0.05) is 12.8 Å². The van der Waals surface area contributed by atoms with Crippen molar-refractivity contribution in [3.05, 3.63) is 27.8 Å². The molecule has 3 rings (SSSR count). The Morgan fingerprint density at radius 2 is 2.10 bits per heavy atom. The number of benzene rings is 1. The molecule has 2 N–H and O–H groups in total. The molecule has 0 bridgehead atoms. The third kappa shape index (κ3) is 2.45. The van der Waals surface area contributed by atoms with Gasteiger partial charge >= 0.3 is 0 Å². The number of carbonyl (C=O) groups is 1. The van der Waals surface area contributed by atoms with Crippen LogP contribution in [-0.2, 0) is 11.2 Å². The van der Waals surface area contributed by atoms with Gasteiger partial charge in [-0.15, -0.1) is 0 Å². The number of rotatable bonds is 4. The summed E-state index contributed by atoms with van der Waals surface area (Å²) in [6.07, 6.45) is 5.08. The van der Waals surface area contributed by atoms with Crippen LogP contribution in [0.15, 0.2) is 12.1 Å². The highest BCUT2D eigenvalue weighted by Crippen LogP contribution is 2.35. The number of nitrogens with zero attached hydrogens (tertiary/aromatic N) is 1. The zero-order chi connectivity index (χ0) is 14.1. The van der Waals surface area contributed by atoms with Crippen LogP contribution in [-0.4, -0.2) is 17.4 Å². The summed E-state index contributed by atoms with van der Waals surface area (Å²) in [6, 6.07) is 3.19. The van der Waals surface area contributed by atoms with Crippen LogP contribution in [0.25, 0.3) is 0 Å². The summed E-state index contributed by atoms with van der Waals surface area (Å²) >= 11 is 0. The van der Waals surface area contributed by atoms with E-state index >= 15 is 0 Å². The Bertz CT molecular complexity index is 565. The van der Waals surface area contributed by atoms with Crippen LogP contribution in [0.5, 0.6) is 0 Å². The molecule has 1 aromatic rings. The van der Waals surface area contributed by atoms with Gasteiger partial charge in [0.25, 0.3) is 5.69 Å². The van der Waals surface area contributed by atoms with Gasteiger partial charge < -0.3 is 10.6 Å². The summed E-state index contributed by atoms with van der Waals surface area (Å²) in [5.74, 6) is 0.486. The molecule has 1 aromatic carbocycles. The first-order valence-corrected chi connectivity index (χ1v) is 6.98. The minimum atomic E-state index is -0.389. The third-order valence-electron chi connectivity index (χ3n) is 4.10. The van der Waals surface area contributed by atoms with Crippen molar-refractivity contribution in [2.45, 2.75) is 32.1 Å². The fraction of sp³-hybridized carbons (Fsp3) is 0.500. The lowest BCUT2D eigenvalue weighted by molar-refractivity contribution is -0.384. The zero-order valence-electron chi connectivity index (χ0n) is 11.1. The van der Waals surface area contributed by atoms with Crippen molar-refractivity contribution >= 4 is 23.0 Å². The minimum absolute atomic E-state index is 0.0539. The first-order chi connectivity index (χ1) is 9.63. The van der Waals surface area contributed by atoms with E-state index in [1.54, 1.807) is 6.07 Å². The van der Waals surface area contributed by atoms with Crippen molar-refractivity contribution in [3.63, 3.8) is 0 Å². The molecule has 20 heavy (non-hydrogen) atoms. The van der Waals surface area contributed by atoms with Gasteiger partial charge in [0, 0.05) is 18.3 Å². The second-order valence-corrected chi connectivity index (χ2v) is 5.54. The predicted molar refractivity (Wildman–Crippen MR) is 75.9 cm³/mol. The predicted octanol–water partition coefficient (Wildman–Crippen LogP) is 2.69. The molecule has 1 heterocycles. The number of hydrogen-bond acceptors (Lipinski definition) is 4. The maximum Gasteiger partial charge on any atom is 0.292 e. The highest BCUT2D eigenvalue weighted by Gasteiger charge is 2.25. The molecule has 106 valence electrons. The highest BCUT2D eigenvalue weighted by molar-refractivity contribution is 6.00. The minimum Gasteiger partial charge on any atom is -0.379 e. The number of fused-ring (bicyclic) bond motifs is 1. The van der Waals surface area contributed by atoms with Gasteiger partial charge in [-0.3, -0.25) is 14.9 Å². The SMILES string of the molecule is O=C1Cc2cc([N+](=O)[O-])c(NCC3CCCC3)cc2N1. The maximum atomic E-state index is 11.4. The van der Waals surface area contributed by atoms with Crippen molar-refractivity contribution < 1.29 is 9.72 Å². The number of nitrogens with one attached hydrogen (secondary N) is 2. The summed E-state index contributed by atoms with van der Waals surface area (Å²) in [5.41, 5.74) is 1.95. The molecule has 1 saturated carbocycles. The van der Waals surface area contributed by atoms with Gasteiger partial charge in [-0.25, -0.2) is 0 Å². The first-order valence-electron chi connectivity index (χ1n) is 6.98. The van der Waals surface area contributed by atoms with Crippen molar-refractivity contribution in [2.24, 2.45) is 5.92 Å². The fourth-order valence-corrected chi connectivity index (χ4v) is 3.02. The quantitative estimate of drug-likeness (QED) is 0.653. The van der Waals surface area contributed by atoms with Gasteiger partial charge in [-0.2, -0.15) is 0 Å². The van der Waals surface area contributed by atoms with Crippen molar-refractivity contribution in [1.82, 2.24) is 0 Å². The number of nitro groups is 1. The molecular weight excluding hydrogens is 258 g/mol. The number of amides is 1. The van der Waals surface area contributed by atoms with E-state index in [1.807, 2.05) is 0 Å². The van der Waals surface area contributed by atoms with Crippen LogP contribution in [0.3, 0.4) is 0 Å². The van der Waals surface area contributed by atoms with Crippen molar-refractivity contribution in [3.8, 4) is 0 Å². The molecule has 0 saturated heterocycles. The summed E-state index contributed by atoms with van der Waals surface area (Å²) in [4.78, 5) is 22.1. The van der Waals surface area contributed by atoms with E-state index in [9.17, 15) is 14.9 Å². The van der Waals surface area contributed by atoms with Crippen molar-refractivity contribution in [1.29, 1.82) is 0 Å². The molecule has 1 aliphatic heterocycles. The Hall–Kier alpha value is -2.11. The Balaban J connectivity index is 1.82. The van der Waals surface area contributed by atoms with Crippen LogP contribution < -0.4 is 10.6 Å². The normalized spacial score (nSPS) is 17.9. The number of nitro benzene ring substituents is 1. The van der Waals surface area contributed by atoms with E-state index < -0.39 is 0 Å². The molecule has 0 spiro atoms. The van der Waals surface area contributed by atoms with E-state index in [-0.39, 0.29) is 22.9 Å². The summed E-state index contributed by atoms with van der Waals surface area (Å²) in [7, 11) is 0. The molecule has 1 aliphatic carbocycles. The molecule has 0 atom stereocenters. The average molecular weight is 275 g/mol.